The monoisotopic (exact) mass is 448 g/mol. The molecule has 0 atom stereocenters. The molecule has 1 aliphatic rings. The van der Waals surface area contributed by atoms with Gasteiger partial charge in [-0.3, -0.25) is 9.36 Å². The first-order valence-electron chi connectivity index (χ1n) is 11.5. The fraction of sp³-hybridized carbons (Fsp3) is 0.259. The van der Waals surface area contributed by atoms with Crippen LogP contribution < -0.4 is 10.5 Å². The van der Waals surface area contributed by atoms with Gasteiger partial charge in [-0.15, -0.1) is 0 Å². The SMILES string of the molecule is N#Cc1ccccc1Cn1cnc2c(C#N)c(N3CCCCC3)n(Cc3ccccc3)c2c1=O. The average Bonchev–Trinajstić information content (AvgIpc) is 3.20. The highest BCUT2D eigenvalue weighted by Crippen LogP contribution is 2.32. The zero-order chi connectivity index (χ0) is 23.5. The standard InChI is InChI=1S/C27H24N6O/c28-15-21-11-5-6-12-22(21)18-32-19-30-24-23(16-29)26(31-13-7-2-8-14-31)33(25(24)27(32)34)17-20-9-3-1-4-10-20/h1,3-6,9-12,19H,2,7-8,13-14,17-18H2. The zero-order valence-electron chi connectivity index (χ0n) is 18.8. The molecule has 0 unspecified atom stereocenters. The maximum absolute atomic E-state index is 13.8. The lowest BCUT2D eigenvalue weighted by Crippen LogP contribution is -2.32. The van der Waals surface area contributed by atoms with E-state index in [9.17, 15) is 15.3 Å². The van der Waals surface area contributed by atoms with Crippen molar-refractivity contribution in [3.63, 3.8) is 0 Å². The van der Waals surface area contributed by atoms with E-state index in [1.165, 1.54) is 17.3 Å². The normalized spacial score (nSPS) is 13.5. The molecule has 0 bridgehead atoms. The molecule has 1 aliphatic heterocycles. The van der Waals surface area contributed by atoms with Crippen LogP contribution in [0.4, 0.5) is 5.82 Å². The van der Waals surface area contributed by atoms with Crippen LogP contribution >= 0.6 is 0 Å². The molecule has 0 radical (unpaired) electrons. The van der Waals surface area contributed by atoms with E-state index in [0.717, 1.165) is 42.9 Å². The average molecular weight is 449 g/mol. The van der Waals surface area contributed by atoms with Gasteiger partial charge in [-0.25, -0.2) is 4.98 Å². The molecule has 1 saturated heterocycles. The lowest BCUT2D eigenvalue weighted by molar-refractivity contribution is 0.565. The maximum atomic E-state index is 13.8. The number of hydrogen-bond acceptors (Lipinski definition) is 5. The second kappa shape index (κ2) is 9.25. The first-order chi connectivity index (χ1) is 16.7. The molecular weight excluding hydrogens is 424 g/mol. The number of hydrogen-bond donors (Lipinski definition) is 0. The van der Waals surface area contributed by atoms with Crippen LogP contribution in [-0.2, 0) is 13.1 Å². The molecule has 0 saturated carbocycles. The molecule has 0 N–H and O–H groups in total. The minimum Gasteiger partial charge on any atom is -0.357 e. The number of nitrogens with zero attached hydrogens (tertiary/aromatic N) is 6. The van der Waals surface area contributed by atoms with E-state index in [1.54, 1.807) is 12.1 Å². The van der Waals surface area contributed by atoms with Crippen LogP contribution in [-0.4, -0.2) is 27.2 Å². The summed E-state index contributed by atoms with van der Waals surface area (Å²) < 4.78 is 3.50. The van der Waals surface area contributed by atoms with Crippen molar-refractivity contribution in [3.8, 4) is 12.1 Å². The van der Waals surface area contributed by atoms with E-state index in [2.05, 4.69) is 22.0 Å². The molecule has 2 aromatic carbocycles. The van der Waals surface area contributed by atoms with Crippen LogP contribution in [0.5, 0.6) is 0 Å². The number of nitriles is 2. The highest BCUT2D eigenvalue weighted by Gasteiger charge is 2.27. The Morgan fingerprint density at radius 3 is 2.35 bits per heavy atom. The molecule has 168 valence electrons. The topological polar surface area (TPSA) is 90.6 Å². The van der Waals surface area contributed by atoms with Gasteiger partial charge in [0.15, 0.2) is 0 Å². The van der Waals surface area contributed by atoms with Gasteiger partial charge in [-0.1, -0.05) is 48.5 Å². The number of aromatic nitrogens is 3. The summed E-state index contributed by atoms with van der Waals surface area (Å²) in [5.74, 6) is 0.779. The van der Waals surface area contributed by atoms with Crippen molar-refractivity contribution in [1.29, 1.82) is 10.5 Å². The zero-order valence-corrected chi connectivity index (χ0v) is 18.8. The molecule has 34 heavy (non-hydrogen) atoms. The maximum Gasteiger partial charge on any atom is 0.278 e. The third-order valence-electron chi connectivity index (χ3n) is 6.43. The Bertz CT molecular complexity index is 1480. The Balaban J connectivity index is 1.72. The van der Waals surface area contributed by atoms with Gasteiger partial charge in [-0.2, -0.15) is 10.5 Å². The van der Waals surface area contributed by atoms with Crippen LogP contribution in [0, 0.1) is 22.7 Å². The van der Waals surface area contributed by atoms with Gasteiger partial charge < -0.3 is 9.47 Å². The first-order valence-corrected chi connectivity index (χ1v) is 11.5. The van der Waals surface area contributed by atoms with E-state index in [4.69, 9.17) is 0 Å². The molecule has 7 nitrogen and oxygen atoms in total. The summed E-state index contributed by atoms with van der Waals surface area (Å²) >= 11 is 0. The quantitative estimate of drug-likeness (QED) is 0.460. The van der Waals surface area contributed by atoms with Gasteiger partial charge in [0, 0.05) is 19.6 Å². The summed E-state index contributed by atoms with van der Waals surface area (Å²) in [6, 6.07) is 21.7. The molecular formula is C27H24N6O. The van der Waals surface area contributed by atoms with Gasteiger partial charge >= 0.3 is 0 Å². The Labute approximate surface area is 197 Å². The predicted molar refractivity (Wildman–Crippen MR) is 131 cm³/mol. The smallest absolute Gasteiger partial charge is 0.278 e. The largest absolute Gasteiger partial charge is 0.357 e. The fourth-order valence-electron chi connectivity index (χ4n) is 4.77. The van der Waals surface area contributed by atoms with Crippen LogP contribution in [0.3, 0.4) is 0 Å². The van der Waals surface area contributed by atoms with Crippen molar-refractivity contribution in [2.75, 3.05) is 18.0 Å². The first kappa shape index (κ1) is 21.5. The summed E-state index contributed by atoms with van der Waals surface area (Å²) in [5.41, 5.74) is 3.44. The second-order valence-electron chi connectivity index (χ2n) is 8.57. The van der Waals surface area contributed by atoms with E-state index in [1.807, 2.05) is 47.0 Å². The number of rotatable bonds is 5. The number of fused-ring (bicyclic) bond motifs is 1. The van der Waals surface area contributed by atoms with Gasteiger partial charge in [0.2, 0.25) is 0 Å². The van der Waals surface area contributed by atoms with Gasteiger partial charge in [0.1, 0.15) is 28.5 Å². The molecule has 0 amide bonds. The molecule has 1 fully saturated rings. The molecule has 5 rings (SSSR count). The number of anilines is 1. The lowest BCUT2D eigenvalue weighted by atomic mass is 10.1. The molecule has 4 aromatic rings. The Morgan fingerprint density at radius 1 is 0.882 bits per heavy atom. The molecule has 7 heteroatoms. The number of benzene rings is 2. The van der Waals surface area contributed by atoms with E-state index < -0.39 is 0 Å². The van der Waals surface area contributed by atoms with Crippen LogP contribution in [0.15, 0.2) is 65.7 Å². The molecule has 3 heterocycles. The highest BCUT2D eigenvalue weighted by molar-refractivity contribution is 5.89. The third-order valence-corrected chi connectivity index (χ3v) is 6.43. The van der Waals surface area contributed by atoms with Crippen molar-refractivity contribution < 1.29 is 0 Å². The lowest BCUT2D eigenvalue weighted by Gasteiger charge is -2.30. The van der Waals surface area contributed by atoms with Crippen LogP contribution in [0.2, 0.25) is 0 Å². The second-order valence-corrected chi connectivity index (χ2v) is 8.57. The van der Waals surface area contributed by atoms with E-state index in [0.29, 0.717) is 28.7 Å². The fourth-order valence-corrected chi connectivity index (χ4v) is 4.77. The number of piperidine rings is 1. The van der Waals surface area contributed by atoms with Crippen molar-refractivity contribution >= 4 is 16.9 Å². The summed E-state index contributed by atoms with van der Waals surface area (Å²) in [6.45, 7) is 2.41. The van der Waals surface area contributed by atoms with Crippen molar-refractivity contribution in [2.45, 2.75) is 32.4 Å². The van der Waals surface area contributed by atoms with Crippen molar-refractivity contribution in [3.05, 3.63) is 93.5 Å². The van der Waals surface area contributed by atoms with Crippen molar-refractivity contribution in [2.24, 2.45) is 0 Å². The summed E-state index contributed by atoms with van der Waals surface area (Å²) in [4.78, 5) is 20.6. The van der Waals surface area contributed by atoms with Gasteiger partial charge in [-0.05, 0) is 36.5 Å². The van der Waals surface area contributed by atoms with Gasteiger partial charge in [0.25, 0.3) is 5.56 Å². The molecule has 0 aliphatic carbocycles. The minimum absolute atomic E-state index is 0.214. The summed E-state index contributed by atoms with van der Waals surface area (Å²) in [5, 5.41) is 19.6. The summed E-state index contributed by atoms with van der Waals surface area (Å²) in [7, 11) is 0. The Hall–Kier alpha value is -4.36. The Kier molecular flexibility index (Phi) is 5.84. The van der Waals surface area contributed by atoms with Crippen LogP contribution in [0.1, 0.15) is 41.5 Å². The van der Waals surface area contributed by atoms with Crippen molar-refractivity contribution in [1.82, 2.24) is 14.1 Å². The molecule has 2 aromatic heterocycles. The van der Waals surface area contributed by atoms with E-state index >= 15 is 0 Å². The van der Waals surface area contributed by atoms with Crippen LogP contribution in [0.25, 0.3) is 11.0 Å². The Morgan fingerprint density at radius 2 is 1.62 bits per heavy atom. The third kappa shape index (κ3) is 3.82. The minimum atomic E-state index is -0.214. The predicted octanol–water partition coefficient (Wildman–Crippen LogP) is 4.03. The summed E-state index contributed by atoms with van der Waals surface area (Å²) in [6.07, 6.45) is 4.77. The van der Waals surface area contributed by atoms with Gasteiger partial charge in [0.05, 0.1) is 24.5 Å². The highest BCUT2D eigenvalue weighted by atomic mass is 16.1. The van der Waals surface area contributed by atoms with E-state index in [-0.39, 0.29) is 12.1 Å². The molecule has 0 spiro atoms.